The first-order valence-electron chi connectivity index (χ1n) is 6.41. The van der Waals surface area contributed by atoms with Gasteiger partial charge in [-0.3, -0.25) is 0 Å². The lowest BCUT2D eigenvalue weighted by Gasteiger charge is -2.46. The van der Waals surface area contributed by atoms with E-state index in [0.29, 0.717) is 11.8 Å². The number of aliphatic carboxylic acids is 2. The van der Waals surface area contributed by atoms with Crippen molar-refractivity contribution in [3.63, 3.8) is 0 Å². The lowest BCUT2D eigenvalue weighted by Crippen LogP contribution is -2.41. The molecule has 0 radical (unpaired) electrons. The molecule has 0 aromatic rings. The molecule has 100 valence electrons. The molecule has 0 amide bonds. The maximum absolute atomic E-state index is 11.5. The third-order valence-electron chi connectivity index (χ3n) is 5.65. The number of hydrogen-bond acceptors (Lipinski definition) is 2. The zero-order valence-electron chi connectivity index (χ0n) is 11.1. The Kier molecular flexibility index (Phi) is 2.80. The van der Waals surface area contributed by atoms with Crippen LogP contribution < -0.4 is 0 Å². The van der Waals surface area contributed by atoms with E-state index in [1.54, 1.807) is 0 Å². The zero-order chi connectivity index (χ0) is 13.7. The van der Waals surface area contributed by atoms with Crippen LogP contribution >= 0.6 is 0 Å². The third-order valence-corrected chi connectivity index (χ3v) is 5.65. The van der Waals surface area contributed by atoms with Gasteiger partial charge in [0.1, 0.15) is 0 Å². The van der Waals surface area contributed by atoms with E-state index in [-0.39, 0.29) is 11.0 Å². The fraction of sp³-hybridized carbons (Fsp3) is 0.714. The molecule has 0 aliphatic heterocycles. The summed E-state index contributed by atoms with van der Waals surface area (Å²) < 4.78 is 0. The third kappa shape index (κ3) is 1.51. The van der Waals surface area contributed by atoms with Crippen molar-refractivity contribution in [1.82, 2.24) is 0 Å². The summed E-state index contributed by atoms with van der Waals surface area (Å²) >= 11 is 0. The fourth-order valence-electron chi connectivity index (χ4n) is 4.24. The molecular weight excluding hydrogens is 232 g/mol. The van der Waals surface area contributed by atoms with Crippen LogP contribution in [0.15, 0.2) is 11.6 Å². The highest BCUT2D eigenvalue weighted by Crippen LogP contribution is 2.69. The molecule has 4 heteroatoms. The molecule has 3 atom stereocenters. The van der Waals surface area contributed by atoms with Crippen molar-refractivity contribution in [2.45, 2.75) is 40.0 Å². The first kappa shape index (κ1) is 13.1. The first-order chi connectivity index (χ1) is 8.22. The van der Waals surface area contributed by atoms with Crippen LogP contribution in [0.4, 0.5) is 0 Å². The van der Waals surface area contributed by atoms with Gasteiger partial charge in [-0.25, -0.2) is 9.59 Å². The molecule has 4 nitrogen and oxygen atoms in total. The van der Waals surface area contributed by atoms with Gasteiger partial charge in [-0.1, -0.05) is 20.8 Å². The summed E-state index contributed by atoms with van der Waals surface area (Å²) in [5.41, 5.74) is -0.538. The van der Waals surface area contributed by atoms with Gasteiger partial charge in [0.25, 0.3) is 0 Å². The molecule has 2 rings (SSSR count). The maximum atomic E-state index is 11.5. The Morgan fingerprint density at radius 1 is 1.28 bits per heavy atom. The Morgan fingerprint density at radius 3 is 2.28 bits per heavy atom. The van der Waals surface area contributed by atoms with Crippen molar-refractivity contribution < 1.29 is 19.8 Å². The summed E-state index contributed by atoms with van der Waals surface area (Å²) in [7, 11) is 0. The zero-order valence-corrected chi connectivity index (χ0v) is 11.1. The van der Waals surface area contributed by atoms with Crippen molar-refractivity contribution >= 4 is 11.9 Å². The van der Waals surface area contributed by atoms with Gasteiger partial charge in [0.05, 0.1) is 5.57 Å². The van der Waals surface area contributed by atoms with Gasteiger partial charge in [-0.05, 0) is 36.5 Å². The highest BCUT2D eigenvalue weighted by molar-refractivity contribution is 5.96. The molecule has 2 saturated carbocycles. The van der Waals surface area contributed by atoms with Crippen molar-refractivity contribution in [3.8, 4) is 0 Å². The normalized spacial score (nSPS) is 37.8. The Morgan fingerprint density at radius 2 is 1.89 bits per heavy atom. The van der Waals surface area contributed by atoms with E-state index < -0.39 is 17.4 Å². The minimum absolute atomic E-state index is 0.0897. The number of carbonyl (C=O) groups is 2. The lowest BCUT2D eigenvalue weighted by atomic mass is 9.58. The number of rotatable bonds is 3. The molecule has 3 unspecified atom stereocenters. The maximum Gasteiger partial charge on any atom is 0.332 e. The molecule has 2 bridgehead atoms. The van der Waals surface area contributed by atoms with Gasteiger partial charge < -0.3 is 10.2 Å². The van der Waals surface area contributed by atoms with E-state index in [9.17, 15) is 14.7 Å². The van der Waals surface area contributed by atoms with Gasteiger partial charge in [0, 0.05) is 11.5 Å². The van der Waals surface area contributed by atoms with Crippen molar-refractivity contribution in [3.05, 3.63) is 11.6 Å². The van der Waals surface area contributed by atoms with Crippen LogP contribution in [0.2, 0.25) is 0 Å². The van der Waals surface area contributed by atoms with Crippen molar-refractivity contribution in [1.29, 1.82) is 0 Å². The molecule has 2 aliphatic carbocycles. The van der Waals surface area contributed by atoms with E-state index in [1.807, 2.05) is 0 Å². The van der Waals surface area contributed by atoms with Crippen LogP contribution in [-0.4, -0.2) is 22.2 Å². The quantitative estimate of drug-likeness (QED) is 0.757. The first-order valence-corrected chi connectivity index (χ1v) is 6.41. The standard InChI is InChI=1S/C14H20O4/c1-8-9-4-5-14(7-9,13(8,2)3)10(12(17)18)6-11(15)16/h6,8-9H,4-5,7H2,1-3H3,(H,15,16)(H,17,18)/b10-6-. The van der Waals surface area contributed by atoms with E-state index >= 15 is 0 Å². The smallest absolute Gasteiger partial charge is 0.332 e. The van der Waals surface area contributed by atoms with E-state index in [0.717, 1.165) is 25.3 Å². The lowest BCUT2D eigenvalue weighted by molar-refractivity contribution is -0.137. The second kappa shape index (κ2) is 3.84. The highest BCUT2D eigenvalue weighted by Gasteiger charge is 2.63. The predicted octanol–water partition coefficient (Wildman–Crippen LogP) is 2.54. The van der Waals surface area contributed by atoms with E-state index in [1.165, 1.54) is 0 Å². The van der Waals surface area contributed by atoms with Crippen LogP contribution in [0.1, 0.15) is 40.0 Å². The molecule has 18 heavy (non-hydrogen) atoms. The van der Waals surface area contributed by atoms with Crippen molar-refractivity contribution in [2.24, 2.45) is 22.7 Å². The number of hydrogen-bond donors (Lipinski definition) is 2. The largest absolute Gasteiger partial charge is 0.478 e. The average Bonchev–Trinajstić information content (AvgIpc) is 2.75. The molecule has 2 aliphatic rings. The predicted molar refractivity (Wildman–Crippen MR) is 66.1 cm³/mol. The Labute approximate surface area is 107 Å². The topological polar surface area (TPSA) is 74.6 Å². The van der Waals surface area contributed by atoms with E-state index in [4.69, 9.17) is 5.11 Å². The van der Waals surface area contributed by atoms with Crippen LogP contribution in [-0.2, 0) is 9.59 Å². The molecule has 0 saturated heterocycles. The Hall–Kier alpha value is -1.32. The fourth-order valence-corrected chi connectivity index (χ4v) is 4.24. The summed E-state index contributed by atoms with van der Waals surface area (Å²) in [5.74, 6) is -1.29. The Bertz CT molecular complexity index is 435. The molecule has 0 spiro atoms. The second-order valence-electron chi connectivity index (χ2n) is 6.30. The number of carboxylic acids is 2. The summed E-state index contributed by atoms with van der Waals surface area (Å²) in [4.78, 5) is 22.4. The molecule has 2 N–H and O–H groups in total. The highest BCUT2D eigenvalue weighted by atomic mass is 16.4. The van der Waals surface area contributed by atoms with Crippen LogP contribution in [0.5, 0.6) is 0 Å². The average molecular weight is 252 g/mol. The van der Waals surface area contributed by atoms with Gasteiger partial charge >= 0.3 is 11.9 Å². The number of carboxylic acid groups (broad SMARTS) is 2. The summed E-state index contributed by atoms with van der Waals surface area (Å²) in [5, 5.41) is 18.3. The molecule has 0 aromatic heterocycles. The second-order valence-corrected chi connectivity index (χ2v) is 6.30. The van der Waals surface area contributed by atoms with E-state index in [2.05, 4.69) is 20.8 Å². The number of fused-ring (bicyclic) bond motifs is 2. The SMILES string of the molecule is CC1C2CCC(/C(=C\C(=O)O)C(=O)O)(C2)C1(C)C. The minimum Gasteiger partial charge on any atom is -0.478 e. The molecule has 2 fully saturated rings. The van der Waals surface area contributed by atoms with Crippen molar-refractivity contribution in [2.75, 3.05) is 0 Å². The van der Waals surface area contributed by atoms with Gasteiger partial charge in [-0.2, -0.15) is 0 Å². The monoisotopic (exact) mass is 252 g/mol. The van der Waals surface area contributed by atoms with Crippen LogP contribution in [0, 0.1) is 22.7 Å². The van der Waals surface area contributed by atoms with Crippen LogP contribution in [0.25, 0.3) is 0 Å². The van der Waals surface area contributed by atoms with Gasteiger partial charge in [-0.15, -0.1) is 0 Å². The van der Waals surface area contributed by atoms with Gasteiger partial charge in [0.2, 0.25) is 0 Å². The van der Waals surface area contributed by atoms with Crippen LogP contribution in [0.3, 0.4) is 0 Å². The summed E-state index contributed by atoms with van der Waals surface area (Å²) in [6, 6.07) is 0. The molecule has 0 aromatic carbocycles. The molecular formula is C14H20O4. The summed E-state index contributed by atoms with van der Waals surface area (Å²) in [6.45, 7) is 6.32. The minimum atomic E-state index is -1.17. The Balaban J connectivity index is 2.53. The van der Waals surface area contributed by atoms with Gasteiger partial charge in [0.15, 0.2) is 0 Å². The summed E-state index contributed by atoms with van der Waals surface area (Å²) in [6.07, 6.45) is 3.52. The molecule has 0 heterocycles.